The van der Waals surface area contributed by atoms with E-state index in [1.165, 1.54) is 12.1 Å². The smallest absolute Gasteiger partial charge is 0.236 e. The minimum Gasteiger partial charge on any atom is -0.439 e. The molecule has 126 valence electrons. The summed E-state index contributed by atoms with van der Waals surface area (Å²) in [7, 11) is 0. The van der Waals surface area contributed by atoms with Crippen molar-refractivity contribution in [3.8, 4) is 11.6 Å². The number of aromatic nitrogens is 1. The van der Waals surface area contributed by atoms with Crippen LogP contribution in [0.15, 0.2) is 42.5 Å². The van der Waals surface area contributed by atoms with Crippen molar-refractivity contribution in [3.63, 3.8) is 0 Å². The maximum Gasteiger partial charge on any atom is 0.236 e. The molecule has 0 aliphatic carbocycles. The van der Waals surface area contributed by atoms with E-state index < -0.39 is 0 Å². The van der Waals surface area contributed by atoms with Crippen molar-refractivity contribution in [1.29, 1.82) is 0 Å². The van der Waals surface area contributed by atoms with Crippen molar-refractivity contribution in [2.24, 2.45) is 5.73 Å². The highest BCUT2D eigenvalue weighted by Gasteiger charge is 2.24. The van der Waals surface area contributed by atoms with E-state index in [2.05, 4.69) is 4.98 Å². The standard InChI is InChI=1S/C18H20FN3O2/c19-14-3-1-4-15(11-14)24-17-6-2-5-16(21-17)13-7-9-22(10-8-13)18(23)12-20/h1-6,11,13H,7-10,12,20H2. The molecule has 2 N–H and O–H groups in total. The predicted octanol–water partition coefficient (Wildman–Crippen LogP) is 2.68. The zero-order chi connectivity index (χ0) is 16.9. The number of benzene rings is 1. The molecule has 3 rings (SSSR count). The van der Waals surface area contributed by atoms with Gasteiger partial charge in [-0.25, -0.2) is 9.37 Å². The molecule has 0 unspecified atom stereocenters. The van der Waals surface area contributed by atoms with E-state index in [-0.39, 0.29) is 24.2 Å². The Labute approximate surface area is 140 Å². The number of likely N-dealkylation sites (tertiary alicyclic amines) is 1. The molecule has 0 bridgehead atoms. The second-order valence-electron chi connectivity index (χ2n) is 5.82. The highest BCUT2D eigenvalue weighted by Crippen LogP contribution is 2.29. The number of amides is 1. The maximum atomic E-state index is 13.2. The number of carbonyl (C=O) groups excluding carboxylic acids is 1. The van der Waals surface area contributed by atoms with Crippen LogP contribution in [-0.4, -0.2) is 35.4 Å². The first-order chi connectivity index (χ1) is 11.7. The molecule has 0 saturated carbocycles. The summed E-state index contributed by atoms with van der Waals surface area (Å²) in [6, 6.07) is 11.6. The normalized spacial score (nSPS) is 15.3. The minimum absolute atomic E-state index is 0.00963. The first kappa shape index (κ1) is 16.4. The van der Waals surface area contributed by atoms with Gasteiger partial charge in [-0.15, -0.1) is 0 Å². The number of nitrogens with two attached hydrogens (primary N) is 1. The topological polar surface area (TPSA) is 68.5 Å². The average molecular weight is 329 g/mol. The molecule has 0 radical (unpaired) electrons. The van der Waals surface area contributed by atoms with Crippen molar-refractivity contribution in [2.75, 3.05) is 19.6 Å². The second-order valence-corrected chi connectivity index (χ2v) is 5.82. The molecular weight excluding hydrogens is 309 g/mol. The van der Waals surface area contributed by atoms with Crippen molar-refractivity contribution in [2.45, 2.75) is 18.8 Å². The fraction of sp³-hybridized carbons (Fsp3) is 0.333. The van der Waals surface area contributed by atoms with Crippen LogP contribution in [0.2, 0.25) is 0 Å². The molecule has 5 nitrogen and oxygen atoms in total. The van der Waals surface area contributed by atoms with Gasteiger partial charge in [-0.3, -0.25) is 4.79 Å². The number of pyridine rings is 1. The largest absolute Gasteiger partial charge is 0.439 e. The fourth-order valence-electron chi connectivity index (χ4n) is 2.92. The van der Waals surface area contributed by atoms with Crippen molar-refractivity contribution in [1.82, 2.24) is 9.88 Å². The van der Waals surface area contributed by atoms with Crippen LogP contribution in [0.5, 0.6) is 11.6 Å². The maximum absolute atomic E-state index is 13.2. The van der Waals surface area contributed by atoms with Gasteiger partial charge in [0.25, 0.3) is 0 Å². The third kappa shape index (κ3) is 3.89. The van der Waals surface area contributed by atoms with E-state index >= 15 is 0 Å². The number of nitrogens with zero attached hydrogens (tertiary/aromatic N) is 2. The summed E-state index contributed by atoms with van der Waals surface area (Å²) < 4.78 is 18.9. The van der Waals surface area contributed by atoms with Gasteiger partial charge in [0, 0.05) is 36.8 Å². The van der Waals surface area contributed by atoms with Gasteiger partial charge in [0.1, 0.15) is 11.6 Å². The van der Waals surface area contributed by atoms with E-state index in [9.17, 15) is 9.18 Å². The lowest BCUT2D eigenvalue weighted by Gasteiger charge is -2.31. The lowest BCUT2D eigenvalue weighted by Crippen LogP contribution is -2.41. The Kier molecular flexibility index (Phi) is 5.05. The summed E-state index contributed by atoms with van der Waals surface area (Å²) in [5, 5.41) is 0. The summed E-state index contributed by atoms with van der Waals surface area (Å²) >= 11 is 0. The van der Waals surface area contributed by atoms with Crippen molar-refractivity contribution in [3.05, 3.63) is 54.0 Å². The molecule has 1 aromatic heterocycles. The van der Waals surface area contributed by atoms with E-state index in [0.29, 0.717) is 24.7 Å². The molecule has 6 heteroatoms. The fourth-order valence-corrected chi connectivity index (χ4v) is 2.92. The lowest BCUT2D eigenvalue weighted by molar-refractivity contribution is -0.130. The highest BCUT2D eigenvalue weighted by molar-refractivity contribution is 5.78. The van der Waals surface area contributed by atoms with E-state index in [1.54, 1.807) is 23.1 Å². The Morgan fingerprint density at radius 1 is 1.25 bits per heavy atom. The van der Waals surface area contributed by atoms with Gasteiger partial charge in [0.15, 0.2) is 0 Å². The monoisotopic (exact) mass is 329 g/mol. The lowest BCUT2D eigenvalue weighted by atomic mass is 9.93. The Hall–Kier alpha value is -2.47. The first-order valence-electron chi connectivity index (χ1n) is 8.04. The van der Waals surface area contributed by atoms with Crippen LogP contribution in [0.25, 0.3) is 0 Å². The van der Waals surface area contributed by atoms with Crippen LogP contribution in [0, 0.1) is 5.82 Å². The Morgan fingerprint density at radius 3 is 2.71 bits per heavy atom. The van der Waals surface area contributed by atoms with Crippen LogP contribution in [0.4, 0.5) is 4.39 Å². The average Bonchev–Trinajstić information content (AvgIpc) is 2.61. The summed E-state index contributed by atoms with van der Waals surface area (Å²) in [5.41, 5.74) is 6.34. The van der Waals surface area contributed by atoms with Gasteiger partial charge < -0.3 is 15.4 Å². The van der Waals surface area contributed by atoms with Crippen LogP contribution in [-0.2, 0) is 4.79 Å². The Balaban J connectivity index is 1.67. The third-order valence-corrected chi connectivity index (χ3v) is 4.20. The minimum atomic E-state index is -0.347. The first-order valence-corrected chi connectivity index (χ1v) is 8.04. The van der Waals surface area contributed by atoms with E-state index in [0.717, 1.165) is 18.5 Å². The highest BCUT2D eigenvalue weighted by atomic mass is 19.1. The summed E-state index contributed by atoms with van der Waals surface area (Å²) in [6.45, 7) is 1.44. The molecule has 1 aliphatic rings. The quantitative estimate of drug-likeness (QED) is 0.936. The zero-order valence-electron chi connectivity index (χ0n) is 13.3. The molecule has 1 aromatic carbocycles. The van der Waals surface area contributed by atoms with E-state index in [1.807, 2.05) is 12.1 Å². The molecular formula is C18H20FN3O2. The molecule has 1 amide bonds. The van der Waals surface area contributed by atoms with Crippen LogP contribution in [0.1, 0.15) is 24.5 Å². The SMILES string of the molecule is NCC(=O)N1CCC(c2cccc(Oc3cccc(F)c3)n2)CC1. The predicted molar refractivity (Wildman–Crippen MR) is 88.3 cm³/mol. The van der Waals surface area contributed by atoms with Gasteiger partial charge in [-0.1, -0.05) is 12.1 Å². The summed E-state index contributed by atoms with van der Waals surface area (Å²) in [5.74, 6) is 0.787. The van der Waals surface area contributed by atoms with Crippen molar-refractivity contribution < 1.29 is 13.9 Å². The second kappa shape index (κ2) is 7.40. The number of hydrogen-bond donors (Lipinski definition) is 1. The van der Waals surface area contributed by atoms with Gasteiger partial charge in [-0.2, -0.15) is 0 Å². The molecule has 0 spiro atoms. The van der Waals surface area contributed by atoms with Crippen LogP contribution >= 0.6 is 0 Å². The molecule has 1 fully saturated rings. The van der Waals surface area contributed by atoms with Gasteiger partial charge >= 0.3 is 0 Å². The molecule has 24 heavy (non-hydrogen) atoms. The number of rotatable bonds is 4. The molecule has 2 heterocycles. The van der Waals surface area contributed by atoms with Crippen LogP contribution < -0.4 is 10.5 Å². The zero-order valence-corrected chi connectivity index (χ0v) is 13.3. The summed E-state index contributed by atoms with van der Waals surface area (Å²) in [6.07, 6.45) is 1.70. The number of carbonyl (C=O) groups is 1. The Morgan fingerprint density at radius 2 is 2.00 bits per heavy atom. The van der Waals surface area contributed by atoms with Gasteiger partial charge in [-0.05, 0) is 31.0 Å². The van der Waals surface area contributed by atoms with Gasteiger partial charge in [0.2, 0.25) is 11.8 Å². The van der Waals surface area contributed by atoms with E-state index in [4.69, 9.17) is 10.5 Å². The molecule has 1 aliphatic heterocycles. The number of piperidine rings is 1. The van der Waals surface area contributed by atoms with Gasteiger partial charge in [0.05, 0.1) is 6.54 Å². The number of halogens is 1. The third-order valence-electron chi connectivity index (χ3n) is 4.20. The Bertz CT molecular complexity index is 715. The molecule has 1 saturated heterocycles. The van der Waals surface area contributed by atoms with Crippen LogP contribution in [0.3, 0.4) is 0 Å². The summed E-state index contributed by atoms with van der Waals surface area (Å²) in [4.78, 5) is 18.0. The number of hydrogen-bond acceptors (Lipinski definition) is 4. The molecule has 0 atom stereocenters. The van der Waals surface area contributed by atoms with Crippen molar-refractivity contribution >= 4 is 5.91 Å². The molecule has 2 aromatic rings. The number of ether oxygens (including phenoxy) is 1.